The molecule has 26 heavy (non-hydrogen) atoms. The van der Waals surface area contributed by atoms with E-state index >= 15 is 0 Å². The van der Waals surface area contributed by atoms with Gasteiger partial charge in [0.15, 0.2) is 0 Å². The smallest absolute Gasteiger partial charge is 0.362 e. The van der Waals surface area contributed by atoms with Crippen molar-refractivity contribution in [2.75, 3.05) is 0 Å². The van der Waals surface area contributed by atoms with Gasteiger partial charge in [-0.1, -0.05) is 12.8 Å². The number of hydrogen-bond donors (Lipinski definition) is 1. The van der Waals surface area contributed by atoms with Gasteiger partial charge in [0.2, 0.25) is 0 Å². The number of hydrogen-bond acceptors (Lipinski definition) is 5. The average molecular weight is 371 g/mol. The number of alkyl halides is 3. The minimum absolute atomic E-state index is 0.0822. The highest BCUT2D eigenvalue weighted by atomic mass is 19.4. The number of benzene rings is 1. The van der Waals surface area contributed by atoms with Crippen molar-refractivity contribution in [3.05, 3.63) is 39.9 Å². The van der Waals surface area contributed by atoms with Crippen molar-refractivity contribution in [2.45, 2.75) is 44.0 Å². The van der Waals surface area contributed by atoms with Gasteiger partial charge in [0, 0.05) is 23.4 Å². The van der Waals surface area contributed by atoms with Crippen molar-refractivity contribution < 1.29 is 28.0 Å². The SMILES string of the molecule is O=C(c1ccc([N+](=O)[O-])cc1)N1N=C2CCCCCC2C1(O)C(F)(F)F. The van der Waals surface area contributed by atoms with Crippen LogP contribution < -0.4 is 0 Å². The van der Waals surface area contributed by atoms with Crippen molar-refractivity contribution in [1.82, 2.24) is 5.01 Å². The maximum absolute atomic E-state index is 13.7. The van der Waals surface area contributed by atoms with Crippen molar-refractivity contribution in [2.24, 2.45) is 11.0 Å². The van der Waals surface area contributed by atoms with Crippen molar-refractivity contribution in [3.63, 3.8) is 0 Å². The first-order chi connectivity index (χ1) is 12.2. The van der Waals surface area contributed by atoms with Crippen LogP contribution in [0.1, 0.15) is 42.5 Å². The van der Waals surface area contributed by atoms with Crippen LogP contribution in [-0.4, -0.2) is 38.6 Å². The number of non-ortho nitro benzene ring substituents is 1. The number of carbonyl (C=O) groups excluding carboxylic acids is 1. The van der Waals surface area contributed by atoms with E-state index < -0.39 is 28.6 Å². The van der Waals surface area contributed by atoms with Gasteiger partial charge in [-0.15, -0.1) is 0 Å². The molecule has 1 fully saturated rings. The molecule has 10 heteroatoms. The molecule has 140 valence electrons. The molecule has 2 atom stereocenters. The number of rotatable bonds is 2. The summed E-state index contributed by atoms with van der Waals surface area (Å²) in [6, 6.07) is 4.12. The lowest BCUT2D eigenvalue weighted by Gasteiger charge is -2.37. The van der Waals surface area contributed by atoms with E-state index in [-0.39, 0.29) is 34.8 Å². The Kier molecular flexibility index (Phi) is 4.47. The normalized spacial score (nSPS) is 26.1. The minimum Gasteiger partial charge on any atom is -0.362 e. The molecule has 1 amide bonds. The minimum atomic E-state index is -5.09. The Morgan fingerprint density at radius 2 is 1.92 bits per heavy atom. The van der Waals surface area contributed by atoms with E-state index in [2.05, 4.69) is 5.10 Å². The Morgan fingerprint density at radius 1 is 1.27 bits per heavy atom. The number of nitro benzene ring substituents is 1. The molecule has 2 aliphatic rings. The van der Waals surface area contributed by atoms with Gasteiger partial charge in [-0.25, -0.2) is 0 Å². The first kappa shape index (κ1) is 18.3. The van der Waals surface area contributed by atoms with Crippen LogP contribution in [0, 0.1) is 16.0 Å². The highest BCUT2D eigenvalue weighted by molar-refractivity contribution is 5.99. The van der Waals surface area contributed by atoms with Crippen molar-refractivity contribution >= 4 is 17.3 Å². The third-order valence-electron chi connectivity index (χ3n) is 4.80. The Morgan fingerprint density at radius 3 is 2.50 bits per heavy atom. The van der Waals surface area contributed by atoms with Crippen LogP contribution in [-0.2, 0) is 0 Å². The summed E-state index contributed by atoms with van der Waals surface area (Å²) in [4.78, 5) is 22.6. The first-order valence-corrected chi connectivity index (χ1v) is 8.11. The standard InChI is InChI=1S/C16H16F3N3O4/c17-16(18,19)15(24)12-4-2-1-3-5-13(12)20-21(15)14(23)10-6-8-11(9-7-10)22(25)26/h6-9,12,24H,1-5H2. The second-order valence-corrected chi connectivity index (χ2v) is 6.39. The third kappa shape index (κ3) is 2.83. The molecular formula is C16H16F3N3O4. The molecule has 7 nitrogen and oxygen atoms in total. The number of hydrazone groups is 1. The molecule has 0 bridgehead atoms. The maximum atomic E-state index is 13.7. The largest absolute Gasteiger partial charge is 0.439 e. The van der Waals surface area contributed by atoms with E-state index in [4.69, 9.17) is 0 Å². The van der Waals surface area contributed by atoms with Crippen LogP contribution >= 0.6 is 0 Å². The number of nitrogens with zero attached hydrogens (tertiary/aromatic N) is 3. The Balaban J connectivity index is 2.00. The number of carbonyl (C=O) groups is 1. The van der Waals surface area contributed by atoms with E-state index in [9.17, 15) is 33.2 Å². The zero-order valence-electron chi connectivity index (χ0n) is 13.6. The fourth-order valence-corrected chi connectivity index (χ4v) is 3.44. The molecule has 1 heterocycles. The quantitative estimate of drug-likeness (QED) is 0.638. The first-order valence-electron chi connectivity index (χ1n) is 8.11. The van der Waals surface area contributed by atoms with Crippen LogP contribution in [0.4, 0.5) is 18.9 Å². The van der Waals surface area contributed by atoms with Crippen LogP contribution in [0.3, 0.4) is 0 Å². The van der Waals surface area contributed by atoms with E-state index in [1.807, 2.05) is 0 Å². The maximum Gasteiger partial charge on any atom is 0.439 e. The highest BCUT2D eigenvalue weighted by Crippen LogP contribution is 2.48. The van der Waals surface area contributed by atoms with Crippen LogP contribution in [0.5, 0.6) is 0 Å². The van der Waals surface area contributed by atoms with Gasteiger partial charge in [0.05, 0.1) is 10.8 Å². The summed E-state index contributed by atoms with van der Waals surface area (Å²) in [6.45, 7) is 0. The molecule has 1 aliphatic heterocycles. The molecule has 0 radical (unpaired) electrons. The predicted octanol–water partition coefficient (Wildman–Crippen LogP) is 3.24. The van der Waals surface area contributed by atoms with Gasteiger partial charge in [-0.2, -0.15) is 23.3 Å². The highest BCUT2D eigenvalue weighted by Gasteiger charge is 2.68. The Bertz CT molecular complexity index is 763. The molecule has 0 spiro atoms. The van der Waals surface area contributed by atoms with Gasteiger partial charge < -0.3 is 5.11 Å². The van der Waals surface area contributed by atoms with Crippen molar-refractivity contribution in [3.8, 4) is 0 Å². The van der Waals surface area contributed by atoms with Gasteiger partial charge >= 0.3 is 6.18 Å². The second kappa shape index (κ2) is 6.35. The summed E-state index contributed by atoms with van der Waals surface area (Å²) in [5.41, 5.74) is -3.77. The average Bonchev–Trinajstić information content (AvgIpc) is 2.74. The fraction of sp³-hybridized carbons (Fsp3) is 0.500. The van der Waals surface area contributed by atoms with Crippen LogP contribution in [0.15, 0.2) is 29.4 Å². The molecule has 1 aromatic rings. The molecule has 1 saturated carbocycles. The lowest BCUT2D eigenvalue weighted by molar-refractivity contribution is -0.384. The summed E-state index contributed by atoms with van der Waals surface area (Å²) in [7, 11) is 0. The molecule has 1 aliphatic carbocycles. The number of halogens is 3. The zero-order chi connectivity index (χ0) is 19.1. The van der Waals surface area contributed by atoms with Crippen LogP contribution in [0.25, 0.3) is 0 Å². The summed E-state index contributed by atoms with van der Waals surface area (Å²) in [5, 5.41) is 25.1. The molecule has 0 saturated heterocycles. The molecule has 0 aromatic heterocycles. The molecular weight excluding hydrogens is 355 g/mol. The number of nitro groups is 1. The fourth-order valence-electron chi connectivity index (χ4n) is 3.44. The van der Waals surface area contributed by atoms with Crippen LogP contribution in [0.2, 0.25) is 0 Å². The third-order valence-corrected chi connectivity index (χ3v) is 4.80. The summed E-state index contributed by atoms with van der Waals surface area (Å²) >= 11 is 0. The lowest BCUT2D eigenvalue weighted by atomic mass is 9.87. The predicted molar refractivity (Wildman–Crippen MR) is 84.3 cm³/mol. The van der Waals surface area contributed by atoms with Crippen molar-refractivity contribution in [1.29, 1.82) is 0 Å². The van der Waals surface area contributed by atoms with Gasteiger partial charge in [0.25, 0.3) is 17.3 Å². The van der Waals surface area contributed by atoms with Gasteiger partial charge in [0.1, 0.15) is 0 Å². The topological polar surface area (TPSA) is 96.0 Å². The Hall–Kier alpha value is -2.49. The number of amides is 1. The number of aliphatic hydroxyl groups is 1. The second-order valence-electron chi connectivity index (χ2n) is 6.39. The lowest BCUT2D eigenvalue weighted by Crippen LogP contribution is -2.61. The monoisotopic (exact) mass is 371 g/mol. The van der Waals surface area contributed by atoms with E-state index in [0.717, 1.165) is 30.7 Å². The summed E-state index contributed by atoms with van der Waals surface area (Å²) < 4.78 is 41.2. The van der Waals surface area contributed by atoms with Gasteiger partial charge in [-0.3, -0.25) is 14.9 Å². The van der Waals surface area contributed by atoms with E-state index in [1.54, 1.807) is 0 Å². The summed E-state index contributed by atoms with van der Waals surface area (Å²) in [5.74, 6) is -2.45. The van der Waals surface area contributed by atoms with Gasteiger partial charge in [-0.05, 0) is 31.4 Å². The molecule has 1 aromatic carbocycles. The molecule has 2 unspecified atom stereocenters. The van der Waals surface area contributed by atoms with E-state index in [1.165, 1.54) is 0 Å². The molecule has 1 N–H and O–H groups in total. The summed E-state index contributed by atoms with van der Waals surface area (Å²) in [6.07, 6.45) is -2.85. The number of fused-ring (bicyclic) bond motifs is 1. The van der Waals surface area contributed by atoms with E-state index in [0.29, 0.717) is 12.8 Å². The zero-order valence-corrected chi connectivity index (χ0v) is 13.6. The Labute approximate surface area is 146 Å². The molecule has 3 rings (SSSR count).